The Balaban J connectivity index is -0.00000000468. The molecule has 0 aliphatic heterocycles. The number of halogens is 2. The van der Waals surface area contributed by atoms with Crippen LogP contribution in [0.5, 0.6) is 0 Å². The van der Waals surface area contributed by atoms with E-state index in [0.717, 1.165) is 0 Å². The van der Waals surface area contributed by atoms with E-state index >= 15 is 0 Å². The van der Waals surface area contributed by atoms with Crippen LogP contribution >= 0.6 is 0 Å². The maximum absolute atomic E-state index is 8.41. The van der Waals surface area contributed by atoms with Crippen LogP contribution in [0, 0.1) is 21.6 Å². The summed E-state index contributed by atoms with van der Waals surface area (Å²) in [5, 5.41) is 0. The Morgan fingerprint density at radius 3 is 0.400 bits per heavy atom. The van der Waals surface area contributed by atoms with Crippen LogP contribution in [0.1, 0.15) is 0 Å². The zero-order valence-corrected chi connectivity index (χ0v) is 9.09. The third-order valence-corrected chi connectivity index (χ3v) is 0. The smallest absolute Gasteiger partial charge is 0.412 e. The fourth-order valence-corrected chi connectivity index (χ4v) is 0. The Morgan fingerprint density at radius 1 is 0.400 bits per heavy atom. The van der Waals surface area contributed by atoms with Crippen LogP contribution in [0.2, 0.25) is 0 Å². The van der Waals surface area contributed by atoms with Crippen LogP contribution in [0.4, 0.5) is 0 Å². The van der Waals surface area contributed by atoms with E-state index in [1.54, 1.807) is 0 Å². The van der Waals surface area contributed by atoms with Crippen molar-refractivity contribution in [3.05, 3.63) is 0 Å². The van der Waals surface area contributed by atoms with Crippen molar-refractivity contribution in [2.75, 3.05) is 0 Å². The second-order valence-corrected chi connectivity index (χ2v) is 1.13. The molecule has 0 spiro atoms. The molecule has 0 saturated carbocycles. The molecule has 0 aliphatic rings. The topological polar surface area (TPSA) is 327 Å². The molecule has 0 aliphatic carbocycles. The molecule has 0 rings (SSSR count). The van der Waals surface area contributed by atoms with Crippen molar-refractivity contribution in [1.29, 1.82) is 0 Å². The van der Waals surface area contributed by atoms with Crippen molar-refractivity contribution in [3.8, 4) is 0 Å². The molecule has 0 saturated heterocycles. The fourth-order valence-electron chi connectivity index (χ4n) is 0. The molecule has 12 N–H and O–H groups in total. The Labute approximate surface area is 99.6 Å². The summed E-state index contributed by atoms with van der Waals surface area (Å²) in [7, 11) is -5.70. The van der Waals surface area contributed by atoms with Crippen molar-refractivity contribution in [1.82, 2.24) is 0 Å². The minimum atomic E-state index is -2.85. The summed E-state index contributed by atoms with van der Waals surface area (Å²) in [6, 6.07) is 0. The van der Waals surface area contributed by atoms with E-state index < -0.39 is 21.6 Å². The third kappa shape index (κ3) is 6310. The van der Waals surface area contributed by atoms with E-state index in [-0.39, 0.29) is 49.6 Å². The van der Waals surface area contributed by atoms with E-state index in [4.69, 9.17) is 28.0 Å². The van der Waals surface area contributed by atoms with Crippen LogP contribution in [0.3, 0.4) is 0 Å². The van der Waals surface area contributed by atoms with Crippen molar-refractivity contribution < 1.29 is 99.2 Å². The van der Waals surface area contributed by atoms with Gasteiger partial charge < -0.3 is 60.8 Å². The molecule has 12 nitrogen and oxygen atoms in total. The van der Waals surface area contributed by atoms with Gasteiger partial charge in [-0.15, -0.1) is 0 Å². The van der Waals surface area contributed by atoms with Gasteiger partial charge in [-0.3, -0.25) is 0 Å². The molecule has 0 heterocycles. The van der Waals surface area contributed by atoms with Crippen molar-refractivity contribution in [2.24, 2.45) is 0 Å². The van der Waals surface area contributed by atoms with Gasteiger partial charge in [0.25, 0.3) is 0 Å². The summed E-state index contributed by atoms with van der Waals surface area (Å²) in [5.41, 5.74) is 0. The van der Waals surface area contributed by atoms with Gasteiger partial charge in [-0.1, -0.05) is 0 Å². The second kappa shape index (κ2) is 62.0. The molecule has 0 aromatic rings. The molecule has 0 bridgehead atoms. The van der Waals surface area contributed by atoms with E-state index in [9.17, 15) is 0 Å². The monoisotopic (exact) mass is 333 g/mol. The van der Waals surface area contributed by atoms with Crippen molar-refractivity contribution >= 4 is 0 Å². The molecule has 15 heavy (non-hydrogen) atoms. The predicted molar refractivity (Wildman–Crippen MR) is 21.7 cm³/mol. The van der Waals surface area contributed by atoms with E-state index in [1.165, 1.54) is 0 Å². The summed E-state index contributed by atoms with van der Waals surface area (Å²) < 4.78 is 50.4. The number of hydrogen-bond donors (Lipinski definition) is 0. The molecule has 0 fully saturated rings. The normalized spacial score (nSPS) is 4.80. The summed E-state index contributed by atoms with van der Waals surface area (Å²) in [4.78, 5) is 0. The Bertz CT molecular complexity index is 29.1. The predicted octanol–water partition coefficient (Wildman–Crippen LogP) is -12.1. The molecule has 0 aromatic heterocycles. The van der Waals surface area contributed by atoms with Gasteiger partial charge in [-0.25, -0.2) is 0 Å². The van der Waals surface area contributed by atoms with Gasteiger partial charge in [0.15, 0.2) is 0 Å². The average molecular weight is 334 g/mol. The first kappa shape index (κ1) is 76.3. The van der Waals surface area contributed by atoms with Gasteiger partial charge in [0.1, 0.15) is 0 Å². The largest absolute Gasteiger partial charge is 2.00 e. The van der Waals surface area contributed by atoms with Crippen molar-refractivity contribution in [3.63, 3.8) is 0 Å². The molecule has 1 radical (unpaired) electrons. The van der Waals surface area contributed by atoms with Crippen LogP contribution in [-0.4, -0.2) is 32.9 Å². The van der Waals surface area contributed by atoms with E-state index in [2.05, 4.69) is 0 Å². The zero-order valence-electron chi connectivity index (χ0n) is 6.54. The summed E-state index contributed by atoms with van der Waals surface area (Å²) in [6.45, 7) is 0. The molecular weight excluding hydrogens is 322 g/mol. The minimum absolute atomic E-state index is 0. The van der Waals surface area contributed by atoms with Gasteiger partial charge in [0.2, 0.25) is 0 Å². The SMILES string of the molecule is O.O.O.O.O.O.[Co+2].[O-][Cl+2]([O-])[O-].[O-][Cl+2]([O-])[O-]. The quantitative estimate of drug-likeness (QED) is 0.413. The summed E-state index contributed by atoms with van der Waals surface area (Å²) >= 11 is 0. The van der Waals surface area contributed by atoms with Gasteiger partial charge in [-0.05, 0) is 0 Å². The van der Waals surface area contributed by atoms with E-state index in [1.807, 2.05) is 0 Å². The molecule has 0 atom stereocenters. The molecule has 107 valence electrons. The minimum Gasteiger partial charge on any atom is -0.412 e. The molecule has 15 heteroatoms. The standard InChI is InChI=1S/2ClO3.Co.6H2O/c2*2-1(3)4;;;;;;;/h;;;6*1H2/q2*-1;+2;;;;;;. The number of hydrogen-bond acceptors (Lipinski definition) is 6. The fraction of sp³-hybridized carbons (Fsp3) is 0. The first-order valence-electron chi connectivity index (χ1n) is 0.926. The van der Waals surface area contributed by atoms with Crippen LogP contribution in [0.25, 0.3) is 0 Å². The summed E-state index contributed by atoms with van der Waals surface area (Å²) in [6.07, 6.45) is 0. The molecule has 0 aromatic carbocycles. The molecule has 0 amide bonds. The average Bonchev–Trinajstić information content (AvgIpc) is 1.25. The van der Waals surface area contributed by atoms with Crippen LogP contribution in [-0.2, 0) is 16.8 Å². The summed E-state index contributed by atoms with van der Waals surface area (Å²) in [5.74, 6) is 0. The molecular formula is H12Cl2CoO12. The Hall–Kier alpha value is 0.606. The van der Waals surface area contributed by atoms with Gasteiger partial charge in [0, 0.05) is 0 Å². The first-order valence-corrected chi connectivity index (χ1v) is 2.78. The van der Waals surface area contributed by atoms with Crippen LogP contribution in [0.15, 0.2) is 0 Å². The maximum atomic E-state index is 8.41. The first-order chi connectivity index (χ1) is 3.46. The zero-order chi connectivity index (χ0) is 7.15. The second-order valence-electron chi connectivity index (χ2n) is 0.378. The van der Waals surface area contributed by atoms with Crippen LogP contribution < -0.4 is 28.0 Å². The van der Waals surface area contributed by atoms with Gasteiger partial charge in [0.05, 0.1) is 21.6 Å². The Kier molecular flexibility index (Phi) is 315. The number of rotatable bonds is 0. The van der Waals surface area contributed by atoms with Crippen molar-refractivity contribution in [2.45, 2.75) is 0 Å². The van der Waals surface area contributed by atoms with Gasteiger partial charge in [-0.2, -0.15) is 0 Å². The Morgan fingerprint density at radius 2 is 0.400 bits per heavy atom. The third-order valence-electron chi connectivity index (χ3n) is 0. The van der Waals surface area contributed by atoms with E-state index in [0.29, 0.717) is 0 Å². The molecule has 0 unspecified atom stereocenters. The van der Waals surface area contributed by atoms with Gasteiger partial charge >= 0.3 is 16.8 Å². The maximum Gasteiger partial charge on any atom is 2.00 e.